The smallest absolute Gasteiger partial charge is 0.0656 e. The van der Waals surface area contributed by atoms with E-state index in [2.05, 4.69) is 35.0 Å². The van der Waals surface area contributed by atoms with E-state index in [-0.39, 0.29) is 0 Å². The van der Waals surface area contributed by atoms with Crippen molar-refractivity contribution in [2.24, 2.45) is 0 Å². The summed E-state index contributed by atoms with van der Waals surface area (Å²) in [5, 5.41) is 8.08. The van der Waals surface area contributed by atoms with Crippen LogP contribution in [0.25, 0.3) is 17.0 Å². The molecule has 0 bridgehead atoms. The van der Waals surface area contributed by atoms with Gasteiger partial charge in [0.1, 0.15) is 0 Å². The third-order valence-electron chi connectivity index (χ3n) is 1.92. The van der Waals surface area contributed by atoms with Crippen LogP contribution >= 0.6 is 12.6 Å². The van der Waals surface area contributed by atoms with Crippen molar-refractivity contribution in [2.45, 2.75) is 0 Å². The Morgan fingerprint density at radius 3 is 3.23 bits per heavy atom. The lowest BCUT2D eigenvalue weighted by molar-refractivity contribution is 1.12. The molecule has 0 saturated heterocycles. The normalized spacial score (nSPS) is 11.5. The van der Waals surface area contributed by atoms with Gasteiger partial charge in [-0.1, -0.05) is 24.3 Å². The summed E-state index contributed by atoms with van der Waals surface area (Å²) in [6, 6.07) is 6.09. The van der Waals surface area contributed by atoms with Crippen LogP contribution in [0.15, 0.2) is 30.5 Å². The number of hydrogen-bond donors (Lipinski definition) is 2. The van der Waals surface area contributed by atoms with Crippen molar-refractivity contribution in [1.82, 2.24) is 10.2 Å². The number of fused-ring (bicyclic) bond motifs is 1. The molecule has 66 valence electrons. The zero-order valence-corrected chi connectivity index (χ0v) is 7.96. The number of hydrogen-bond acceptors (Lipinski definition) is 2. The van der Waals surface area contributed by atoms with E-state index in [9.17, 15) is 0 Å². The molecule has 0 atom stereocenters. The van der Waals surface area contributed by atoms with Gasteiger partial charge < -0.3 is 0 Å². The van der Waals surface area contributed by atoms with E-state index in [1.54, 1.807) is 0 Å². The highest BCUT2D eigenvalue weighted by atomic mass is 32.1. The number of nitrogens with zero attached hydrogens (tertiary/aromatic N) is 1. The van der Waals surface area contributed by atoms with E-state index >= 15 is 0 Å². The molecular weight excluding hydrogens is 180 g/mol. The first-order chi connectivity index (χ1) is 6.42. The molecule has 2 rings (SSSR count). The van der Waals surface area contributed by atoms with Crippen LogP contribution in [0.3, 0.4) is 0 Å². The van der Waals surface area contributed by atoms with Crippen LogP contribution < -0.4 is 0 Å². The van der Waals surface area contributed by atoms with Crippen molar-refractivity contribution in [3.8, 4) is 0 Å². The summed E-state index contributed by atoms with van der Waals surface area (Å²) < 4.78 is 0. The molecule has 0 unspecified atom stereocenters. The number of aromatic amines is 1. The van der Waals surface area contributed by atoms with Gasteiger partial charge in [0.15, 0.2) is 0 Å². The van der Waals surface area contributed by atoms with E-state index in [1.165, 1.54) is 5.56 Å². The molecule has 0 aliphatic heterocycles. The fraction of sp³-hybridized carbons (Fsp3) is 0.100. The Hall–Kier alpha value is -1.22. The van der Waals surface area contributed by atoms with Crippen molar-refractivity contribution in [3.05, 3.63) is 36.0 Å². The third kappa shape index (κ3) is 1.60. The first kappa shape index (κ1) is 8.38. The average molecular weight is 190 g/mol. The quantitative estimate of drug-likeness (QED) is 0.700. The molecule has 2 aromatic rings. The Morgan fingerprint density at radius 2 is 2.38 bits per heavy atom. The molecule has 0 amide bonds. The Kier molecular flexibility index (Phi) is 2.36. The van der Waals surface area contributed by atoms with Crippen molar-refractivity contribution in [1.29, 1.82) is 0 Å². The first-order valence-corrected chi connectivity index (χ1v) is 4.74. The van der Waals surface area contributed by atoms with E-state index in [4.69, 9.17) is 0 Å². The molecule has 0 saturated carbocycles. The fourth-order valence-corrected chi connectivity index (χ4v) is 1.42. The maximum atomic E-state index is 4.12. The minimum absolute atomic E-state index is 0.758. The van der Waals surface area contributed by atoms with Gasteiger partial charge in [0.2, 0.25) is 0 Å². The molecule has 1 aromatic carbocycles. The Labute approximate surface area is 82.1 Å². The van der Waals surface area contributed by atoms with Gasteiger partial charge in [0.05, 0.1) is 11.7 Å². The van der Waals surface area contributed by atoms with Gasteiger partial charge in [-0.2, -0.15) is 17.7 Å². The lowest BCUT2D eigenvalue weighted by atomic mass is 10.1. The molecule has 0 aliphatic carbocycles. The molecule has 1 heterocycles. The predicted octanol–water partition coefficient (Wildman–Crippen LogP) is 2.51. The van der Waals surface area contributed by atoms with Gasteiger partial charge >= 0.3 is 0 Å². The van der Waals surface area contributed by atoms with Crippen molar-refractivity contribution < 1.29 is 0 Å². The first-order valence-electron chi connectivity index (χ1n) is 4.11. The third-order valence-corrected chi connectivity index (χ3v) is 2.13. The molecule has 13 heavy (non-hydrogen) atoms. The minimum atomic E-state index is 0.758. The van der Waals surface area contributed by atoms with Crippen LogP contribution in [0, 0.1) is 0 Å². The molecule has 0 fully saturated rings. The molecule has 0 radical (unpaired) electrons. The second-order valence-electron chi connectivity index (χ2n) is 2.76. The van der Waals surface area contributed by atoms with Crippen LogP contribution in [-0.2, 0) is 0 Å². The monoisotopic (exact) mass is 190 g/mol. The Balaban J connectivity index is 2.54. The number of nitrogens with one attached hydrogen (secondary N) is 1. The standard InChI is InChI=1S/C10H10N2S/c13-6-2-4-8-3-1-5-10-9(8)7-11-12-10/h1-5,7,13H,6H2,(H,11,12). The highest BCUT2D eigenvalue weighted by Crippen LogP contribution is 2.17. The Bertz CT molecular complexity index is 431. The summed E-state index contributed by atoms with van der Waals surface area (Å²) in [4.78, 5) is 0. The lowest BCUT2D eigenvalue weighted by Crippen LogP contribution is -1.74. The van der Waals surface area contributed by atoms with Gasteiger partial charge in [-0.05, 0) is 11.6 Å². The number of rotatable bonds is 2. The Morgan fingerprint density at radius 1 is 1.46 bits per heavy atom. The summed E-state index contributed by atoms with van der Waals surface area (Å²) in [6.07, 6.45) is 5.92. The summed E-state index contributed by atoms with van der Waals surface area (Å²) in [5.41, 5.74) is 2.25. The van der Waals surface area contributed by atoms with E-state index in [1.807, 2.05) is 24.4 Å². The molecule has 3 heteroatoms. The second-order valence-corrected chi connectivity index (χ2v) is 3.13. The zero-order chi connectivity index (χ0) is 9.10. The van der Waals surface area contributed by atoms with Gasteiger partial charge in [-0.15, -0.1) is 0 Å². The van der Waals surface area contributed by atoms with E-state index < -0.39 is 0 Å². The van der Waals surface area contributed by atoms with Gasteiger partial charge in [0.25, 0.3) is 0 Å². The minimum Gasteiger partial charge on any atom is -0.278 e. The van der Waals surface area contributed by atoms with Crippen molar-refractivity contribution >= 4 is 29.6 Å². The summed E-state index contributed by atoms with van der Waals surface area (Å²) >= 11 is 4.12. The fourth-order valence-electron chi connectivity index (χ4n) is 1.32. The number of benzene rings is 1. The number of aromatic nitrogens is 2. The topological polar surface area (TPSA) is 28.7 Å². The van der Waals surface area contributed by atoms with E-state index in [0.717, 1.165) is 16.7 Å². The second kappa shape index (κ2) is 3.66. The summed E-state index contributed by atoms with van der Waals surface area (Å²) in [7, 11) is 0. The lowest BCUT2D eigenvalue weighted by Gasteiger charge is -1.94. The molecule has 2 nitrogen and oxygen atoms in total. The van der Waals surface area contributed by atoms with Crippen LogP contribution in [0.5, 0.6) is 0 Å². The van der Waals surface area contributed by atoms with E-state index in [0.29, 0.717) is 0 Å². The zero-order valence-electron chi connectivity index (χ0n) is 7.07. The molecule has 0 aliphatic rings. The highest BCUT2D eigenvalue weighted by Gasteiger charge is 1.97. The largest absolute Gasteiger partial charge is 0.278 e. The van der Waals surface area contributed by atoms with Crippen LogP contribution in [-0.4, -0.2) is 16.0 Å². The maximum Gasteiger partial charge on any atom is 0.0656 e. The van der Waals surface area contributed by atoms with Gasteiger partial charge in [-0.3, -0.25) is 5.10 Å². The summed E-state index contributed by atoms with van der Waals surface area (Å²) in [5.74, 6) is 0.758. The number of H-pyrrole nitrogens is 1. The highest BCUT2D eigenvalue weighted by molar-refractivity contribution is 7.80. The molecular formula is C10H10N2S. The SMILES string of the molecule is SCC=Cc1cccc2[nH]ncc12. The van der Waals surface area contributed by atoms with Gasteiger partial charge in [-0.25, -0.2) is 0 Å². The van der Waals surface area contributed by atoms with Crippen molar-refractivity contribution in [2.75, 3.05) is 5.75 Å². The summed E-state index contributed by atoms with van der Waals surface area (Å²) in [6.45, 7) is 0. The van der Waals surface area contributed by atoms with Crippen LogP contribution in [0.2, 0.25) is 0 Å². The molecule has 1 aromatic heterocycles. The molecule has 0 spiro atoms. The number of thiol groups is 1. The van der Waals surface area contributed by atoms with Crippen LogP contribution in [0.1, 0.15) is 5.56 Å². The van der Waals surface area contributed by atoms with Crippen LogP contribution in [0.4, 0.5) is 0 Å². The molecule has 1 N–H and O–H groups in total. The average Bonchev–Trinajstić information content (AvgIpc) is 2.62. The predicted molar refractivity (Wildman–Crippen MR) is 59.0 cm³/mol. The van der Waals surface area contributed by atoms with Gasteiger partial charge in [0, 0.05) is 11.1 Å². The maximum absolute atomic E-state index is 4.12. The van der Waals surface area contributed by atoms with Crippen molar-refractivity contribution in [3.63, 3.8) is 0 Å².